The van der Waals surface area contributed by atoms with Gasteiger partial charge in [0.15, 0.2) is 5.13 Å². The first-order valence-electron chi connectivity index (χ1n) is 12.7. The summed E-state index contributed by atoms with van der Waals surface area (Å²) in [5, 5.41) is 11.6. The van der Waals surface area contributed by atoms with Crippen molar-refractivity contribution in [1.82, 2.24) is 9.97 Å². The van der Waals surface area contributed by atoms with Gasteiger partial charge in [0.2, 0.25) is 11.8 Å². The number of likely N-dealkylation sites (N-methyl/N-ethyl adjacent to an activating group) is 1. The molecular weight excluding hydrogens is 507 g/mol. The Labute approximate surface area is 224 Å². The smallest absolute Gasteiger partial charge is 0.304 e. The summed E-state index contributed by atoms with van der Waals surface area (Å²) in [4.78, 5) is 49.0. The van der Waals surface area contributed by atoms with Gasteiger partial charge in [0.1, 0.15) is 11.6 Å². The molecular formula is C28H29FN4O4S. The number of thiazole rings is 1. The lowest BCUT2D eigenvalue weighted by Gasteiger charge is -2.23. The lowest BCUT2D eigenvalue weighted by atomic mass is 9.90. The number of benzene rings is 1. The molecule has 1 atom stereocenters. The first kappa shape index (κ1) is 26.0. The number of aromatic nitrogens is 2. The van der Waals surface area contributed by atoms with Crippen LogP contribution in [0.2, 0.25) is 0 Å². The van der Waals surface area contributed by atoms with E-state index in [0.29, 0.717) is 40.1 Å². The molecule has 1 saturated carbocycles. The van der Waals surface area contributed by atoms with Crippen LogP contribution >= 0.6 is 11.3 Å². The predicted octanol–water partition coefficient (Wildman–Crippen LogP) is 5.16. The minimum atomic E-state index is -0.991. The number of aliphatic carboxylic acids is 1. The zero-order valence-electron chi connectivity index (χ0n) is 21.3. The molecule has 3 aromatic rings. The van der Waals surface area contributed by atoms with Crippen molar-refractivity contribution in [1.29, 1.82) is 0 Å². The van der Waals surface area contributed by atoms with E-state index in [0.717, 1.165) is 36.8 Å². The van der Waals surface area contributed by atoms with Crippen LogP contribution in [0.3, 0.4) is 0 Å². The second-order valence-electron chi connectivity index (χ2n) is 10.1. The summed E-state index contributed by atoms with van der Waals surface area (Å²) in [6, 6.07) is 6.31. The van der Waals surface area contributed by atoms with E-state index in [4.69, 9.17) is 0 Å². The highest BCUT2D eigenvalue weighted by atomic mass is 32.1. The Bertz CT molecular complexity index is 1400. The number of carboxylic acid groups (broad SMARTS) is 1. The van der Waals surface area contributed by atoms with Crippen LogP contribution in [0.5, 0.6) is 0 Å². The van der Waals surface area contributed by atoms with Gasteiger partial charge in [-0.3, -0.25) is 24.2 Å². The summed E-state index contributed by atoms with van der Waals surface area (Å²) in [5.41, 5.74) is 3.29. The summed E-state index contributed by atoms with van der Waals surface area (Å²) < 4.78 is 14.4. The molecule has 0 radical (unpaired) electrons. The van der Waals surface area contributed by atoms with E-state index >= 15 is 0 Å². The van der Waals surface area contributed by atoms with E-state index in [-0.39, 0.29) is 24.7 Å². The van der Waals surface area contributed by atoms with Crippen LogP contribution in [-0.4, -0.2) is 47.0 Å². The highest BCUT2D eigenvalue weighted by Crippen LogP contribution is 2.38. The third kappa shape index (κ3) is 5.18. The van der Waals surface area contributed by atoms with Gasteiger partial charge in [-0.25, -0.2) is 14.4 Å². The number of carbonyl (C=O) groups excluding carboxylic acids is 2. The van der Waals surface area contributed by atoms with Gasteiger partial charge in [-0.05, 0) is 36.1 Å². The van der Waals surface area contributed by atoms with E-state index in [1.807, 2.05) is 6.07 Å². The molecule has 10 heteroatoms. The van der Waals surface area contributed by atoms with Crippen molar-refractivity contribution >= 4 is 40.1 Å². The molecule has 8 nitrogen and oxygen atoms in total. The Kier molecular flexibility index (Phi) is 7.25. The average Bonchev–Trinajstić information content (AvgIpc) is 3.64. The summed E-state index contributed by atoms with van der Waals surface area (Å²) in [5.74, 6) is -1.34. The van der Waals surface area contributed by atoms with Gasteiger partial charge < -0.3 is 5.11 Å². The Balaban J connectivity index is 1.42. The van der Waals surface area contributed by atoms with E-state index in [9.17, 15) is 23.9 Å². The van der Waals surface area contributed by atoms with Crippen molar-refractivity contribution in [2.75, 3.05) is 23.9 Å². The lowest BCUT2D eigenvalue weighted by Crippen LogP contribution is -2.35. The fourth-order valence-corrected chi connectivity index (χ4v) is 6.30. The quantitative estimate of drug-likeness (QED) is 0.426. The van der Waals surface area contributed by atoms with Crippen molar-refractivity contribution in [2.24, 2.45) is 11.8 Å². The molecule has 0 bridgehead atoms. The van der Waals surface area contributed by atoms with E-state index in [1.165, 1.54) is 33.3 Å². The number of pyridine rings is 1. The Morgan fingerprint density at radius 1 is 1.24 bits per heavy atom. The van der Waals surface area contributed by atoms with Crippen LogP contribution in [0, 0.1) is 17.7 Å². The van der Waals surface area contributed by atoms with Gasteiger partial charge in [-0.1, -0.05) is 31.7 Å². The number of halogens is 1. The molecule has 1 N–H and O–H groups in total. The number of fused-ring (bicyclic) bond motifs is 1. The summed E-state index contributed by atoms with van der Waals surface area (Å²) in [6.45, 7) is 0. The largest absolute Gasteiger partial charge is 0.481 e. The number of anilines is 2. The average molecular weight is 537 g/mol. The number of nitrogens with zero attached hydrogens (tertiary/aromatic N) is 4. The molecule has 2 amide bonds. The van der Waals surface area contributed by atoms with Crippen LogP contribution < -0.4 is 9.80 Å². The molecule has 5 rings (SSSR count). The number of carboxylic acids is 1. The second-order valence-corrected chi connectivity index (χ2v) is 11.0. The van der Waals surface area contributed by atoms with Crippen LogP contribution in [0.15, 0.2) is 35.8 Å². The SMILES string of the molecule is CN(C(=O)[C@@H](CC(=O)O)CC1CCCC1)c1nc(-c2cc(F)ccc2-c2cnc3c(c2)CC(=O)N3C)cs1. The molecule has 2 aliphatic rings. The highest BCUT2D eigenvalue weighted by molar-refractivity contribution is 7.14. The normalized spacial score (nSPS) is 16.1. The zero-order valence-corrected chi connectivity index (χ0v) is 22.1. The fourth-order valence-electron chi connectivity index (χ4n) is 5.50. The van der Waals surface area contributed by atoms with Gasteiger partial charge in [0.25, 0.3) is 0 Å². The summed E-state index contributed by atoms with van der Waals surface area (Å²) >= 11 is 1.25. The molecule has 1 fully saturated rings. The molecule has 38 heavy (non-hydrogen) atoms. The minimum Gasteiger partial charge on any atom is -0.481 e. The molecule has 0 unspecified atom stereocenters. The minimum absolute atomic E-state index is 0.0324. The molecule has 1 aliphatic carbocycles. The van der Waals surface area contributed by atoms with E-state index in [2.05, 4.69) is 9.97 Å². The second kappa shape index (κ2) is 10.6. The molecule has 198 valence electrons. The molecule has 3 heterocycles. The highest BCUT2D eigenvalue weighted by Gasteiger charge is 2.31. The van der Waals surface area contributed by atoms with Crippen molar-refractivity contribution in [2.45, 2.75) is 44.9 Å². The Hall–Kier alpha value is -3.66. The van der Waals surface area contributed by atoms with Crippen molar-refractivity contribution < 1.29 is 23.9 Å². The van der Waals surface area contributed by atoms with Gasteiger partial charge in [-0.15, -0.1) is 11.3 Å². The first-order chi connectivity index (χ1) is 18.2. The van der Waals surface area contributed by atoms with Crippen LogP contribution in [0.1, 0.15) is 44.1 Å². The van der Waals surface area contributed by atoms with Crippen LogP contribution in [-0.2, 0) is 20.8 Å². The van der Waals surface area contributed by atoms with Crippen molar-refractivity contribution in [3.05, 3.63) is 47.2 Å². The molecule has 0 spiro atoms. The van der Waals surface area contributed by atoms with Crippen LogP contribution in [0.4, 0.5) is 15.3 Å². The Morgan fingerprint density at radius 3 is 2.74 bits per heavy atom. The van der Waals surface area contributed by atoms with Gasteiger partial charge in [0.05, 0.1) is 18.5 Å². The summed E-state index contributed by atoms with van der Waals surface area (Å²) in [7, 11) is 3.30. The molecule has 1 aromatic carbocycles. The van der Waals surface area contributed by atoms with Gasteiger partial charge in [-0.2, -0.15) is 0 Å². The predicted molar refractivity (Wildman–Crippen MR) is 144 cm³/mol. The maximum atomic E-state index is 14.4. The van der Waals surface area contributed by atoms with Crippen molar-refractivity contribution in [3.8, 4) is 22.4 Å². The number of carbonyl (C=O) groups is 3. The lowest BCUT2D eigenvalue weighted by molar-refractivity contribution is -0.140. The topological polar surface area (TPSA) is 104 Å². The first-order valence-corrected chi connectivity index (χ1v) is 13.6. The number of rotatable bonds is 8. The van der Waals surface area contributed by atoms with E-state index < -0.39 is 17.7 Å². The van der Waals surface area contributed by atoms with Crippen LogP contribution in [0.25, 0.3) is 22.4 Å². The molecule has 2 aromatic heterocycles. The van der Waals surface area contributed by atoms with E-state index in [1.54, 1.807) is 31.7 Å². The van der Waals surface area contributed by atoms with Gasteiger partial charge >= 0.3 is 5.97 Å². The van der Waals surface area contributed by atoms with Gasteiger partial charge in [0, 0.05) is 48.3 Å². The number of hydrogen-bond acceptors (Lipinski definition) is 6. The zero-order chi connectivity index (χ0) is 27.0. The third-order valence-corrected chi connectivity index (χ3v) is 8.43. The molecule has 0 saturated heterocycles. The maximum Gasteiger partial charge on any atom is 0.304 e. The Morgan fingerprint density at radius 2 is 2.00 bits per heavy atom. The molecule has 1 aliphatic heterocycles. The number of amides is 2. The number of hydrogen-bond donors (Lipinski definition) is 1. The third-order valence-electron chi connectivity index (χ3n) is 7.52. The fraction of sp³-hybridized carbons (Fsp3) is 0.393. The standard InChI is InChI=1S/C28H29FN4O4S/c1-32-24(34)11-17-10-19(14-30-26(17)32)21-8-7-20(29)13-22(21)23-15-38-28(31-23)33(2)27(37)18(12-25(35)36)9-16-5-3-4-6-16/h7-8,10,13-16,18H,3-6,9,11-12H2,1-2H3,(H,35,36)/t18-/m1/s1. The maximum absolute atomic E-state index is 14.4. The van der Waals surface area contributed by atoms with Crippen molar-refractivity contribution in [3.63, 3.8) is 0 Å². The monoisotopic (exact) mass is 536 g/mol. The summed E-state index contributed by atoms with van der Waals surface area (Å²) in [6.07, 6.45) is 6.56.